The lowest BCUT2D eigenvalue weighted by Crippen LogP contribution is -2.71. The van der Waals surface area contributed by atoms with Crippen LogP contribution in [0.4, 0.5) is 5.13 Å². The quantitative estimate of drug-likeness (QED) is 0.211. The number of fused-ring (bicyclic) bond motifs is 1. The molecule has 2 aliphatic rings. The van der Waals surface area contributed by atoms with Gasteiger partial charge in [0, 0.05) is 16.0 Å². The van der Waals surface area contributed by atoms with Crippen LogP contribution in [0.15, 0.2) is 33.1 Å². The molecule has 2 aliphatic heterocycles. The summed E-state index contributed by atoms with van der Waals surface area (Å²) >= 11 is 3.44. The van der Waals surface area contributed by atoms with Crippen LogP contribution in [-0.4, -0.2) is 73.3 Å². The summed E-state index contributed by atoms with van der Waals surface area (Å²) in [5, 5.41) is 26.6. The molecule has 3 rings (SSSR count). The van der Waals surface area contributed by atoms with Crippen molar-refractivity contribution >= 4 is 69.5 Å². The molecule has 0 spiro atoms. The first-order valence-corrected chi connectivity index (χ1v) is 11.2. The fourth-order valence-electron chi connectivity index (χ4n) is 2.74. The van der Waals surface area contributed by atoms with Crippen molar-refractivity contribution in [3.63, 3.8) is 0 Å². The summed E-state index contributed by atoms with van der Waals surface area (Å²) < 4.78 is 0. The molecular weight excluding hydrogens is 470 g/mol. The summed E-state index contributed by atoms with van der Waals surface area (Å²) in [6.07, 6.45) is 0. The summed E-state index contributed by atoms with van der Waals surface area (Å²) in [5.74, 6) is -3.68. The maximum absolute atomic E-state index is 12.8. The van der Waals surface area contributed by atoms with E-state index in [4.69, 9.17) is 10.8 Å². The Morgan fingerprint density at radius 1 is 1.48 bits per heavy atom. The van der Waals surface area contributed by atoms with Crippen molar-refractivity contribution in [1.82, 2.24) is 15.2 Å². The van der Waals surface area contributed by atoms with Crippen LogP contribution < -0.4 is 11.1 Å². The fraction of sp³-hybridized carbons (Fsp3) is 0.250. The SMILES string of the molecule is C=CSC1=C(C(=O)O)N2C(=O)C(NC(=O)C(=NOCC(=O)O)c3csc(N)n3)[C@@H]2SC1. The van der Waals surface area contributed by atoms with Gasteiger partial charge in [-0.3, -0.25) is 14.5 Å². The van der Waals surface area contributed by atoms with Crippen molar-refractivity contribution in [1.29, 1.82) is 0 Å². The zero-order chi connectivity index (χ0) is 22.7. The average molecular weight is 486 g/mol. The maximum Gasteiger partial charge on any atom is 0.353 e. The largest absolute Gasteiger partial charge is 0.479 e. The first-order valence-electron chi connectivity index (χ1n) is 8.37. The number of aliphatic carboxylic acids is 2. The first kappa shape index (κ1) is 22.6. The minimum Gasteiger partial charge on any atom is -0.479 e. The number of nitrogens with one attached hydrogen (secondary N) is 1. The van der Waals surface area contributed by atoms with Gasteiger partial charge in [0.2, 0.25) is 6.61 Å². The third-order valence-electron chi connectivity index (χ3n) is 3.97. The molecule has 31 heavy (non-hydrogen) atoms. The van der Waals surface area contributed by atoms with Crippen molar-refractivity contribution < 1.29 is 34.2 Å². The number of thioether (sulfide) groups is 2. The van der Waals surface area contributed by atoms with Gasteiger partial charge in [-0.25, -0.2) is 14.6 Å². The van der Waals surface area contributed by atoms with E-state index in [-0.39, 0.29) is 22.2 Å². The van der Waals surface area contributed by atoms with Crippen LogP contribution in [-0.2, 0) is 24.0 Å². The number of aromatic nitrogens is 1. The number of rotatable bonds is 9. The number of oxime groups is 1. The van der Waals surface area contributed by atoms with Crippen LogP contribution in [0.3, 0.4) is 0 Å². The van der Waals surface area contributed by atoms with E-state index in [1.807, 2.05) is 0 Å². The molecule has 1 fully saturated rings. The number of nitrogen functional groups attached to an aromatic ring is 1. The zero-order valence-electron chi connectivity index (χ0n) is 15.5. The molecule has 0 aliphatic carbocycles. The van der Waals surface area contributed by atoms with Gasteiger partial charge in [-0.2, -0.15) is 0 Å². The van der Waals surface area contributed by atoms with Crippen molar-refractivity contribution in [2.24, 2.45) is 5.16 Å². The van der Waals surface area contributed by atoms with Crippen LogP contribution in [0, 0.1) is 0 Å². The molecule has 2 atom stereocenters. The summed E-state index contributed by atoms with van der Waals surface area (Å²) in [6.45, 7) is 2.77. The highest BCUT2D eigenvalue weighted by Crippen LogP contribution is 2.43. The zero-order valence-corrected chi connectivity index (χ0v) is 18.0. The average Bonchev–Trinajstić information content (AvgIpc) is 3.14. The monoisotopic (exact) mass is 485 g/mol. The topological polar surface area (TPSA) is 185 Å². The van der Waals surface area contributed by atoms with Gasteiger partial charge in [-0.1, -0.05) is 23.5 Å². The summed E-state index contributed by atoms with van der Waals surface area (Å²) in [4.78, 5) is 57.9. The molecule has 15 heteroatoms. The third-order valence-corrected chi connectivity index (χ3v) is 6.90. The predicted octanol–water partition coefficient (Wildman–Crippen LogP) is 0.103. The Balaban J connectivity index is 1.79. The number of carboxylic acid groups (broad SMARTS) is 2. The number of thiazole rings is 1. The lowest BCUT2D eigenvalue weighted by Gasteiger charge is -2.49. The number of carboxylic acids is 2. The molecule has 1 saturated heterocycles. The number of carbonyl (C=O) groups excluding carboxylic acids is 2. The van der Waals surface area contributed by atoms with E-state index in [1.165, 1.54) is 22.5 Å². The van der Waals surface area contributed by atoms with E-state index in [0.29, 0.717) is 10.7 Å². The van der Waals surface area contributed by atoms with Crippen LogP contribution >= 0.6 is 34.9 Å². The van der Waals surface area contributed by atoms with E-state index < -0.39 is 41.8 Å². The lowest BCUT2D eigenvalue weighted by molar-refractivity contribution is -0.150. The second-order valence-corrected chi connectivity index (χ2v) is 8.96. The highest BCUT2D eigenvalue weighted by atomic mass is 32.2. The van der Waals surface area contributed by atoms with E-state index in [2.05, 4.69) is 26.9 Å². The van der Waals surface area contributed by atoms with Gasteiger partial charge in [-0.15, -0.1) is 23.1 Å². The Labute approximate surface area is 187 Å². The number of nitrogens with two attached hydrogens (primary N) is 1. The smallest absolute Gasteiger partial charge is 0.353 e. The summed E-state index contributed by atoms with van der Waals surface area (Å²) in [7, 11) is 0. The molecule has 0 radical (unpaired) electrons. The molecule has 2 amide bonds. The van der Waals surface area contributed by atoms with E-state index in [0.717, 1.165) is 28.0 Å². The minimum absolute atomic E-state index is 0.0427. The first-order chi connectivity index (χ1) is 14.7. The molecule has 0 saturated carbocycles. The highest BCUT2D eigenvalue weighted by molar-refractivity contribution is 8.08. The molecule has 1 aromatic heterocycles. The highest BCUT2D eigenvalue weighted by Gasteiger charge is 2.54. The number of amides is 2. The van der Waals surface area contributed by atoms with Crippen LogP contribution in [0.1, 0.15) is 5.69 Å². The van der Waals surface area contributed by atoms with Crippen molar-refractivity contribution in [2.45, 2.75) is 11.4 Å². The number of carbonyl (C=O) groups is 4. The van der Waals surface area contributed by atoms with Crippen molar-refractivity contribution in [3.8, 4) is 0 Å². The Bertz CT molecular complexity index is 1020. The molecule has 5 N–H and O–H groups in total. The van der Waals surface area contributed by atoms with E-state index in [1.54, 1.807) is 0 Å². The molecular formula is C16H15N5O7S3. The van der Waals surface area contributed by atoms with Gasteiger partial charge in [0.25, 0.3) is 11.8 Å². The van der Waals surface area contributed by atoms with Gasteiger partial charge in [-0.05, 0) is 5.41 Å². The number of hydrogen-bond donors (Lipinski definition) is 4. The lowest BCUT2D eigenvalue weighted by atomic mass is 10.0. The molecule has 3 heterocycles. The van der Waals surface area contributed by atoms with Gasteiger partial charge in [0.1, 0.15) is 22.8 Å². The molecule has 0 bridgehead atoms. The summed E-state index contributed by atoms with van der Waals surface area (Å²) in [6, 6.07) is -1.01. The maximum atomic E-state index is 12.8. The van der Waals surface area contributed by atoms with Gasteiger partial charge in [0.05, 0.1) is 0 Å². The molecule has 1 unspecified atom stereocenters. The summed E-state index contributed by atoms with van der Waals surface area (Å²) in [5.41, 5.74) is 5.11. The van der Waals surface area contributed by atoms with Crippen LogP contribution in [0.2, 0.25) is 0 Å². The second kappa shape index (κ2) is 9.40. The third kappa shape index (κ3) is 4.67. The Hall–Kier alpha value is -3.04. The minimum atomic E-state index is -1.30. The van der Waals surface area contributed by atoms with Crippen LogP contribution in [0.5, 0.6) is 0 Å². The van der Waals surface area contributed by atoms with Gasteiger partial charge in [0.15, 0.2) is 10.8 Å². The van der Waals surface area contributed by atoms with Crippen LogP contribution in [0.25, 0.3) is 0 Å². The molecule has 12 nitrogen and oxygen atoms in total. The number of β-lactam (4-membered cyclic amide) rings is 1. The molecule has 0 aromatic carbocycles. The molecule has 1 aromatic rings. The number of anilines is 1. The van der Waals surface area contributed by atoms with Gasteiger partial charge >= 0.3 is 11.9 Å². The standard InChI is InChI=1S/C16H15N5O7S3/c1-2-29-7-5-30-14-10(13(25)21(14)11(7)15(26)27)19-12(24)9(20-28-3-8(22)23)6-4-31-16(17)18-6/h2,4,10,14H,1,3,5H2,(H2,17,18)(H,19,24)(H,22,23)(H,26,27)/t10?,14-/m0/s1. The Morgan fingerprint density at radius 3 is 2.81 bits per heavy atom. The normalized spacial score (nSPS) is 20.6. The predicted molar refractivity (Wildman–Crippen MR) is 114 cm³/mol. The van der Waals surface area contributed by atoms with E-state index in [9.17, 15) is 24.3 Å². The number of hydrogen-bond acceptors (Lipinski definition) is 11. The fourth-order valence-corrected chi connectivity index (χ4v) is 5.46. The number of nitrogens with zero attached hydrogens (tertiary/aromatic N) is 3. The molecule has 164 valence electrons. The van der Waals surface area contributed by atoms with Gasteiger partial charge < -0.3 is 26.1 Å². The Kier molecular flexibility index (Phi) is 6.87. The Morgan fingerprint density at radius 2 is 2.23 bits per heavy atom. The second-order valence-electron chi connectivity index (χ2n) is 5.90. The van der Waals surface area contributed by atoms with Crippen molar-refractivity contribution in [3.05, 3.63) is 33.7 Å². The van der Waals surface area contributed by atoms with E-state index >= 15 is 0 Å². The van der Waals surface area contributed by atoms with Crippen molar-refractivity contribution in [2.75, 3.05) is 18.1 Å².